The Bertz CT molecular complexity index is 730. The second kappa shape index (κ2) is 7.13. The second-order valence-electron chi connectivity index (χ2n) is 6.38. The number of piperidine rings is 1. The topological polar surface area (TPSA) is 62.3 Å². The van der Waals surface area contributed by atoms with Crippen LogP contribution in [0.4, 0.5) is 5.69 Å². The number of nitrogens with zero attached hydrogens (tertiary/aromatic N) is 2. The van der Waals surface area contributed by atoms with Gasteiger partial charge in [-0.3, -0.25) is 14.6 Å². The summed E-state index contributed by atoms with van der Waals surface area (Å²) >= 11 is 1.63. The Morgan fingerprint density at radius 3 is 2.88 bits per heavy atom. The van der Waals surface area contributed by atoms with Crippen molar-refractivity contribution in [2.75, 3.05) is 11.9 Å². The summed E-state index contributed by atoms with van der Waals surface area (Å²) in [7, 11) is 0. The van der Waals surface area contributed by atoms with E-state index in [1.807, 2.05) is 24.4 Å². The Labute approximate surface area is 145 Å². The number of likely N-dealkylation sites (tertiary alicyclic amines) is 1. The Morgan fingerprint density at radius 1 is 1.33 bits per heavy atom. The molecular weight excluding hydrogens is 322 g/mol. The molecule has 5 nitrogen and oxygen atoms in total. The lowest BCUT2D eigenvalue weighted by atomic mass is 9.93. The van der Waals surface area contributed by atoms with Gasteiger partial charge in [0.1, 0.15) is 0 Å². The summed E-state index contributed by atoms with van der Waals surface area (Å²) in [5.41, 5.74) is 1.48. The highest BCUT2D eigenvalue weighted by atomic mass is 32.1. The zero-order valence-electron chi connectivity index (χ0n) is 13.9. The minimum absolute atomic E-state index is 0.00455. The van der Waals surface area contributed by atoms with Crippen molar-refractivity contribution in [3.05, 3.63) is 46.4 Å². The molecule has 1 aliphatic rings. The van der Waals surface area contributed by atoms with Crippen LogP contribution in [0.5, 0.6) is 0 Å². The average molecular weight is 343 g/mol. The van der Waals surface area contributed by atoms with Crippen molar-refractivity contribution in [2.45, 2.75) is 32.7 Å². The number of hydrogen-bond donors (Lipinski definition) is 1. The molecule has 24 heavy (non-hydrogen) atoms. The molecule has 126 valence electrons. The summed E-state index contributed by atoms with van der Waals surface area (Å²) in [6, 6.07) is 5.82. The number of rotatable bonds is 2. The number of nitrogens with one attached hydrogen (secondary N) is 1. The molecule has 1 fully saturated rings. The molecule has 2 amide bonds. The summed E-state index contributed by atoms with van der Waals surface area (Å²) < 4.78 is 0. The molecule has 2 aromatic rings. The van der Waals surface area contributed by atoms with Crippen LogP contribution in [0.1, 0.15) is 36.2 Å². The minimum Gasteiger partial charge on any atom is -0.326 e. The van der Waals surface area contributed by atoms with Crippen molar-refractivity contribution in [3.8, 4) is 0 Å². The molecule has 3 heterocycles. The summed E-state index contributed by atoms with van der Waals surface area (Å²) in [5, 5.41) is 4.68. The van der Waals surface area contributed by atoms with E-state index in [9.17, 15) is 9.59 Å². The summed E-state index contributed by atoms with van der Waals surface area (Å²) in [5.74, 6) is -0.668. The average Bonchev–Trinajstić information content (AvgIpc) is 3.08. The number of aryl methyl sites for hydroxylation is 1. The Balaban J connectivity index is 1.76. The van der Waals surface area contributed by atoms with Gasteiger partial charge in [-0.2, -0.15) is 0 Å². The molecule has 0 aliphatic carbocycles. The molecule has 0 unspecified atom stereocenters. The van der Waals surface area contributed by atoms with E-state index >= 15 is 0 Å². The molecule has 0 saturated carbocycles. The van der Waals surface area contributed by atoms with E-state index in [-0.39, 0.29) is 6.04 Å². The fourth-order valence-electron chi connectivity index (χ4n) is 3.09. The third-order valence-corrected chi connectivity index (χ3v) is 5.25. The normalized spacial score (nSPS) is 20.7. The minimum atomic E-state index is -0.599. The largest absolute Gasteiger partial charge is 0.326 e. The first-order chi connectivity index (χ1) is 11.5. The molecule has 1 aliphatic heterocycles. The molecule has 0 aromatic carbocycles. The van der Waals surface area contributed by atoms with Crippen molar-refractivity contribution >= 4 is 28.8 Å². The zero-order chi connectivity index (χ0) is 17.1. The van der Waals surface area contributed by atoms with Gasteiger partial charge >= 0.3 is 11.8 Å². The van der Waals surface area contributed by atoms with Crippen LogP contribution in [0, 0.1) is 12.8 Å². The second-order valence-corrected chi connectivity index (χ2v) is 7.36. The molecule has 1 N–H and O–H groups in total. The molecule has 0 bridgehead atoms. The molecule has 6 heteroatoms. The first-order valence-corrected chi connectivity index (χ1v) is 8.99. The number of amides is 2. The van der Waals surface area contributed by atoms with Crippen LogP contribution in [0.25, 0.3) is 0 Å². The van der Waals surface area contributed by atoms with E-state index in [0.717, 1.165) is 23.3 Å². The summed E-state index contributed by atoms with van der Waals surface area (Å²) in [4.78, 5) is 32.1. The Kier molecular flexibility index (Phi) is 4.94. The number of carbonyl (C=O) groups excluding carboxylic acids is 2. The monoisotopic (exact) mass is 343 g/mol. The summed E-state index contributed by atoms with van der Waals surface area (Å²) in [6.07, 6.45) is 5.22. The van der Waals surface area contributed by atoms with Crippen molar-refractivity contribution in [2.24, 2.45) is 5.92 Å². The number of hydrogen-bond acceptors (Lipinski definition) is 4. The van der Waals surface area contributed by atoms with Gasteiger partial charge in [-0.05, 0) is 48.8 Å². The Hall–Kier alpha value is -2.21. The highest BCUT2D eigenvalue weighted by Gasteiger charge is 2.34. The van der Waals surface area contributed by atoms with Gasteiger partial charge in [0.2, 0.25) is 0 Å². The van der Waals surface area contributed by atoms with Crippen molar-refractivity contribution in [3.63, 3.8) is 0 Å². The van der Waals surface area contributed by atoms with Crippen LogP contribution >= 0.6 is 11.3 Å². The lowest BCUT2D eigenvalue weighted by molar-refractivity contribution is -0.146. The van der Waals surface area contributed by atoms with Crippen LogP contribution in [0.3, 0.4) is 0 Å². The van der Waals surface area contributed by atoms with Crippen LogP contribution in [-0.4, -0.2) is 28.2 Å². The van der Waals surface area contributed by atoms with E-state index < -0.39 is 11.8 Å². The number of carbonyl (C=O) groups is 2. The molecule has 3 rings (SSSR count). The Morgan fingerprint density at radius 2 is 2.17 bits per heavy atom. The van der Waals surface area contributed by atoms with Gasteiger partial charge in [0.05, 0.1) is 17.9 Å². The van der Waals surface area contributed by atoms with Crippen LogP contribution in [0.2, 0.25) is 0 Å². The smallest absolute Gasteiger partial charge is 0.313 e. The van der Waals surface area contributed by atoms with E-state index in [1.165, 1.54) is 0 Å². The number of thiophene rings is 1. The molecule has 1 saturated heterocycles. The first-order valence-electron chi connectivity index (χ1n) is 8.11. The predicted molar refractivity (Wildman–Crippen MR) is 94.8 cm³/mol. The van der Waals surface area contributed by atoms with Crippen LogP contribution in [0.15, 0.2) is 36.0 Å². The molecule has 2 atom stereocenters. The zero-order valence-corrected chi connectivity index (χ0v) is 14.7. The van der Waals surface area contributed by atoms with E-state index in [0.29, 0.717) is 18.2 Å². The van der Waals surface area contributed by atoms with Crippen molar-refractivity contribution in [1.82, 2.24) is 9.88 Å². The molecule has 2 aromatic heterocycles. The fraction of sp³-hybridized carbons (Fsp3) is 0.389. The molecule has 0 spiro atoms. The fourth-order valence-corrected chi connectivity index (χ4v) is 3.97. The number of anilines is 1. The van der Waals surface area contributed by atoms with E-state index in [2.05, 4.69) is 17.2 Å². The standard InChI is InChI=1S/C18H21N3O2S/c1-12-5-6-15(16-4-3-7-24-16)21(11-12)18(23)17(22)20-14-8-13(2)9-19-10-14/h3-4,7-10,12,15H,5-6,11H2,1-2H3,(H,20,22)/t12-,15+/m0/s1. The van der Waals surface area contributed by atoms with Crippen LogP contribution in [-0.2, 0) is 9.59 Å². The number of pyridine rings is 1. The van der Waals surface area contributed by atoms with Crippen molar-refractivity contribution in [1.29, 1.82) is 0 Å². The number of aromatic nitrogens is 1. The maximum atomic E-state index is 12.7. The molecular formula is C18H21N3O2S. The highest BCUT2D eigenvalue weighted by Crippen LogP contribution is 2.35. The van der Waals surface area contributed by atoms with E-state index in [4.69, 9.17) is 0 Å². The van der Waals surface area contributed by atoms with Gasteiger partial charge in [-0.25, -0.2) is 0 Å². The highest BCUT2D eigenvalue weighted by molar-refractivity contribution is 7.10. The lowest BCUT2D eigenvalue weighted by Crippen LogP contribution is -2.46. The maximum absolute atomic E-state index is 12.7. The third kappa shape index (κ3) is 3.64. The van der Waals surface area contributed by atoms with Gasteiger partial charge in [-0.1, -0.05) is 13.0 Å². The van der Waals surface area contributed by atoms with Gasteiger partial charge in [0.15, 0.2) is 0 Å². The summed E-state index contributed by atoms with van der Waals surface area (Å²) in [6.45, 7) is 4.62. The van der Waals surface area contributed by atoms with Crippen LogP contribution < -0.4 is 5.32 Å². The SMILES string of the molecule is Cc1cncc(NC(=O)C(=O)N2C[C@@H](C)CC[C@@H]2c2cccs2)c1. The first kappa shape index (κ1) is 16.6. The quantitative estimate of drug-likeness (QED) is 0.850. The third-order valence-electron chi connectivity index (χ3n) is 4.28. The van der Waals surface area contributed by atoms with Gasteiger partial charge in [0, 0.05) is 17.6 Å². The van der Waals surface area contributed by atoms with E-state index in [1.54, 1.807) is 34.7 Å². The maximum Gasteiger partial charge on any atom is 0.313 e. The van der Waals surface area contributed by atoms with Gasteiger partial charge in [0.25, 0.3) is 0 Å². The molecule has 0 radical (unpaired) electrons. The lowest BCUT2D eigenvalue weighted by Gasteiger charge is -2.37. The van der Waals surface area contributed by atoms with Gasteiger partial charge in [-0.15, -0.1) is 11.3 Å². The van der Waals surface area contributed by atoms with Gasteiger partial charge < -0.3 is 10.2 Å². The predicted octanol–water partition coefficient (Wildman–Crippen LogP) is 3.39. The van der Waals surface area contributed by atoms with Crippen molar-refractivity contribution < 1.29 is 9.59 Å².